The molecule has 0 saturated carbocycles. The molecule has 28 heavy (non-hydrogen) atoms. The largest absolute Gasteiger partial charge is 0.215 e. The normalized spacial score (nSPS) is 14.9. The van der Waals surface area contributed by atoms with Crippen LogP contribution in [-0.4, -0.2) is 0 Å². The molecular weight excluding hydrogens is 343 g/mol. The van der Waals surface area contributed by atoms with Crippen LogP contribution in [0.3, 0.4) is 0 Å². The average molecular weight is 381 g/mol. The lowest BCUT2D eigenvalue weighted by Gasteiger charge is -2.30. The van der Waals surface area contributed by atoms with E-state index in [2.05, 4.69) is 45.2 Å². The lowest BCUT2D eigenvalue weighted by Crippen LogP contribution is -2.17. The third-order valence-electron chi connectivity index (χ3n) is 5.38. The van der Waals surface area contributed by atoms with E-state index < -0.39 is 5.41 Å². The Balaban J connectivity index is 2.96. The summed E-state index contributed by atoms with van der Waals surface area (Å²) in [4.78, 5) is 0. The second kappa shape index (κ2) is 12.3. The van der Waals surface area contributed by atoms with Gasteiger partial charge in [0.05, 0.1) is 6.33 Å². The quantitative estimate of drug-likeness (QED) is 0.193. The molecule has 0 aromatic heterocycles. The van der Waals surface area contributed by atoms with Gasteiger partial charge in [0.1, 0.15) is 0 Å². The highest BCUT2D eigenvalue weighted by Gasteiger charge is 2.29. The molecule has 0 heterocycles. The first-order chi connectivity index (χ1) is 13.4. The average Bonchev–Trinajstić information content (AvgIpc) is 2.68. The van der Waals surface area contributed by atoms with Crippen molar-refractivity contribution in [1.82, 2.24) is 0 Å². The maximum Gasteiger partial charge on any atom is 0.0916 e. The SMILES string of the molecule is C=Cc1ccc(/C(=C/F)C(C)(/C=C(C)\C=C\CCCCCCC)C(=C)C)cc1. The number of unbranched alkanes of at least 4 members (excludes halogenated alkanes) is 5. The Labute approximate surface area is 172 Å². The van der Waals surface area contributed by atoms with Gasteiger partial charge in [-0.15, -0.1) is 0 Å². The van der Waals surface area contributed by atoms with Crippen molar-refractivity contribution in [2.75, 3.05) is 0 Å². The molecule has 1 atom stereocenters. The van der Waals surface area contributed by atoms with Crippen LogP contribution >= 0.6 is 0 Å². The van der Waals surface area contributed by atoms with Crippen LogP contribution in [-0.2, 0) is 0 Å². The van der Waals surface area contributed by atoms with E-state index in [1.807, 2.05) is 38.1 Å². The Morgan fingerprint density at radius 2 is 1.71 bits per heavy atom. The summed E-state index contributed by atoms with van der Waals surface area (Å²) >= 11 is 0. The summed E-state index contributed by atoms with van der Waals surface area (Å²) in [6, 6.07) is 7.80. The van der Waals surface area contributed by atoms with Crippen molar-refractivity contribution >= 4 is 11.6 Å². The van der Waals surface area contributed by atoms with Gasteiger partial charge in [0.2, 0.25) is 0 Å². The fraction of sp³-hybridized carbons (Fsp3) is 0.407. The van der Waals surface area contributed by atoms with Crippen LogP contribution in [0.25, 0.3) is 11.6 Å². The van der Waals surface area contributed by atoms with Crippen LogP contribution in [0.2, 0.25) is 0 Å². The van der Waals surface area contributed by atoms with E-state index >= 15 is 0 Å². The van der Waals surface area contributed by atoms with Crippen LogP contribution in [0.5, 0.6) is 0 Å². The number of hydrogen-bond donors (Lipinski definition) is 0. The molecule has 1 aromatic carbocycles. The van der Waals surface area contributed by atoms with Gasteiger partial charge >= 0.3 is 0 Å². The van der Waals surface area contributed by atoms with Crippen LogP contribution < -0.4 is 0 Å². The number of rotatable bonds is 12. The van der Waals surface area contributed by atoms with Crippen LogP contribution in [0.15, 0.2) is 73.1 Å². The predicted octanol–water partition coefficient (Wildman–Crippen LogP) is 9.09. The van der Waals surface area contributed by atoms with Gasteiger partial charge in [0.15, 0.2) is 0 Å². The van der Waals surface area contributed by atoms with E-state index in [0.717, 1.165) is 35.0 Å². The summed E-state index contributed by atoms with van der Waals surface area (Å²) in [5.74, 6) is 0. The van der Waals surface area contributed by atoms with Gasteiger partial charge in [-0.25, -0.2) is 4.39 Å². The summed E-state index contributed by atoms with van der Waals surface area (Å²) in [6.45, 7) is 16.2. The third kappa shape index (κ3) is 7.11. The fourth-order valence-electron chi connectivity index (χ4n) is 3.34. The first-order valence-corrected chi connectivity index (χ1v) is 10.4. The maximum absolute atomic E-state index is 14.0. The van der Waals surface area contributed by atoms with Crippen LogP contribution in [0, 0.1) is 5.41 Å². The van der Waals surface area contributed by atoms with Crippen molar-refractivity contribution in [2.45, 2.75) is 66.2 Å². The number of benzene rings is 1. The summed E-state index contributed by atoms with van der Waals surface area (Å²) < 4.78 is 14.0. The van der Waals surface area contributed by atoms with Crippen molar-refractivity contribution < 1.29 is 4.39 Å². The summed E-state index contributed by atoms with van der Waals surface area (Å²) in [5, 5.41) is 0. The topological polar surface area (TPSA) is 0 Å². The minimum atomic E-state index is -0.569. The van der Waals surface area contributed by atoms with Gasteiger partial charge in [0.25, 0.3) is 0 Å². The zero-order valence-corrected chi connectivity index (χ0v) is 18.2. The molecule has 0 bridgehead atoms. The standard InChI is InChI=1S/C27H37F/c1-7-9-10-11-12-13-14-15-23(5)20-27(6,22(3)4)26(21-28)25-18-16-24(8-2)17-19-25/h8,14-21H,2-3,7,9-13H2,1,4-6H3/b15-14+,23-20-,26-21-. The van der Waals surface area contributed by atoms with E-state index in [1.165, 1.54) is 32.1 Å². The van der Waals surface area contributed by atoms with E-state index in [0.29, 0.717) is 5.57 Å². The van der Waals surface area contributed by atoms with Crippen molar-refractivity contribution in [3.05, 3.63) is 84.3 Å². The molecule has 0 nitrogen and oxygen atoms in total. The Bertz CT molecular complexity index is 715. The Kier molecular flexibility index (Phi) is 10.5. The maximum atomic E-state index is 14.0. The van der Waals surface area contributed by atoms with E-state index in [4.69, 9.17) is 0 Å². The molecule has 1 rings (SSSR count). The molecule has 0 aliphatic rings. The van der Waals surface area contributed by atoms with Crippen LogP contribution in [0.4, 0.5) is 4.39 Å². The summed E-state index contributed by atoms with van der Waals surface area (Å²) in [5.41, 5.74) is 3.98. The molecule has 0 aliphatic carbocycles. The second-order valence-corrected chi connectivity index (χ2v) is 7.83. The monoisotopic (exact) mass is 380 g/mol. The number of hydrogen-bond acceptors (Lipinski definition) is 0. The molecule has 0 amide bonds. The van der Waals surface area contributed by atoms with Gasteiger partial charge in [-0.3, -0.25) is 0 Å². The van der Waals surface area contributed by atoms with Gasteiger partial charge in [-0.2, -0.15) is 0 Å². The van der Waals surface area contributed by atoms with Crippen molar-refractivity contribution in [3.8, 4) is 0 Å². The lowest BCUT2D eigenvalue weighted by atomic mass is 9.73. The Morgan fingerprint density at radius 3 is 2.25 bits per heavy atom. The van der Waals surface area contributed by atoms with E-state index in [-0.39, 0.29) is 0 Å². The first kappa shape index (κ1) is 23.9. The molecule has 0 radical (unpaired) electrons. The Morgan fingerprint density at radius 1 is 1.07 bits per heavy atom. The highest BCUT2D eigenvalue weighted by molar-refractivity contribution is 5.75. The van der Waals surface area contributed by atoms with Crippen molar-refractivity contribution in [3.63, 3.8) is 0 Å². The fourth-order valence-corrected chi connectivity index (χ4v) is 3.34. The van der Waals surface area contributed by atoms with Gasteiger partial charge in [-0.05, 0) is 44.7 Å². The predicted molar refractivity (Wildman–Crippen MR) is 125 cm³/mol. The molecule has 0 aliphatic heterocycles. The zero-order chi connectivity index (χ0) is 21.0. The van der Waals surface area contributed by atoms with Crippen molar-refractivity contribution in [1.29, 1.82) is 0 Å². The number of halogens is 1. The molecule has 0 spiro atoms. The zero-order valence-electron chi connectivity index (χ0n) is 18.2. The molecule has 0 fully saturated rings. The van der Waals surface area contributed by atoms with Crippen LogP contribution in [0.1, 0.15) is 77.3 Å². The highest BCUT2D eigenvalue weighted by Crippen LogP contribution is 2.43. The molecular formula is C27H37F. The van der Waals surface area contributed by atoms with Gasteiger partial charge in [-0.1, -0.05) is 105 Å². The molecule has 1 heteroatoms. The van der Waals surface area contributed by atoms with E-state index in [9.17, 15) is 4.39 Å². The lowest BCUT2D eigenvalue weighted by molar-refractivity contribution is 0.637. The third-order valence-corrected chi connectivity index (χ3v) is 5.38. The smallest absolute Gasteiger partial charge is 0.0916 e. The van der Waals surface area contributed by atoms with E-state index in [1.54, 1.807) is 6.08 Å². The summed E-state index contributed by atoms with van der Waals surface area (Å²) in [6.07, 6.45) is 16.5. The molecule has 0 saturated heterocycles. The minimum Gasteiger partial charge on any atom is -0.215 e. The summed E-state index contributed by atoms with van der Waals surface area (Å²) in [7, 11) is 0. The number of allylic oxidation sites excluding steroid dienone is 6. The second-order valence-electron chi connectivity index (χ2n) is 7.83. The molecule has 0 N–H and O–H groups in total. The van der Waals surface area contributed by atoms with Crippen molar-refractivity contribution in [2.24, 2.45) is 5.41 Å². The highest BCUT2D eigenvalue weighted by atomic mass is 19.1. The Hall–Kier alpha value is -2.15. The molecule has 152 valence electrons. The minimum absolute atomic E-state index is 0.569. The van der Waals surface area contributed by atoms with Gasteiger partial charge in [0, 0.05) is 11.0 Å². The molecule has 1 unspecified atom stereocenters. The van der Waals surface area contributed by atoms with Gasteiger partial charge < -0.3 is 0 Å². The first-order valence-electron chi connectivity index (χ1n) is 10.4. The molecule has 1 aromatic rings.